The van der Waals surface area contributed by atoms with E-state index in [-0.39, 0.29) is 132 Å². The van der Waals surface area contributed by atoms with Crippen LogP contribution >= 0.6 is 0 Å². The van der Waals surface area contributed by atoms with E-state index in [0.717, 1.165) is 0 Å². The van der Waals surface area contributed by atoms with Gasteiger partial charge in [0.25, 0.3) is 0 Å². The van der Waals surface area contributed by atoms with Crippen LogP contribution in [0.2, 0.25) is 0 Å². The molecule has 8 aliphatic rings. The molecule has 0 bridgehead atoms. The first-order valence-corrected chi connectivity index (χ1v) is 33.1. The summed E-state index contributed by atoms with van der Waals surface area (Å²) in [7, 11) is 0. The number of allylic oxidation sites excluding steroid dienone is 6. The van der Waals surface area contributed by atoms with Crippen LogP contribution in [-0.4, -0.2) is 78.9 Å². The zero-order valence-electron chi connectivity index (χ0n) is 59.9. The van der Waals surface area contributed by atoms with E-state index in [1.807, 2.05) is 55.4 Å². The number of rotatable bonds is 8. The van der Waals surface area contributed by atoms with Crippen molar-refractivity contribution in [3.8, 4) is 34.5 Å². The minimum absolute atomic E-state index is 0.0546. The van der Waals surface area contributed by atoms with E-state index in [0.29, 0.717) is 22.3 Å². The molecule has 0 radical (unpaired) electrons. The molecule has 6 atom stereocenters. The summed E-state index contributed by atoms with van der Waals surface area (Å²) in [6.07, 6.45) is 0. The maximum atomic E-state index is 14.4. The van der Waals surface area contributed by atoms with E-state index >= 15 is 0 Å². The molecule has 17 nitrogen and oxygen atoms in total. The van der Waals surface area contributed by atoms with Crippen molar-refractivity contribution in [3.05, 3.63) is 67.4 Å². The largest absolute Gasteiger partial charge is 0.507 e. The Morgan fingerprint density at radius 2 is 0.677 bits per heavy atom. The molecule has 0 saturated heterocycles. The number of aromatic hydroxyl groups is 2. The van der Waals surface area contributed by atoms with Gasteiger partial charge in [0.15, 0.2) is 57.8 Å². The Morgan fingerprint density at radius 1 is 0.376 bits per heavy atom. The first-order valence-electron chi connectivity index (χ1n) is 33.1. The lowest BCUT2D eigenvalue weighted by Crippen LogP contribution is -2.72. The molecule has 504 valence electrons. The molecule has 4 aliphatic heterocycles. The molecule has 93 heavy (non-hydrogen) atoms. The lowest BCUT2D eigenvalue weighted by molar-refractivity contribution is -0.264. The predicted octanol–water partition coefficient (Wildman–Crippen LogP) is 13.9. The van der Waals surface area contributed by atoms with E-state index in [2.05, 4.69) is 0 Å². The molecule has 1 saturated carbocycles. The molecule has 10 rings (SSSR count). The van der Waals surface area contributed by atoms with Gasteiger partial charge in [-0.3, -0.25) is 47.9 Å². The minimum atomic E-state index is -2.37. The Kier molecular flexibility index (Phi) is 16.1. The molecule has 0 unspecified atom stereocenters. The summed E-state index contributed by atoms with van der Waals surface area (Å²) in [6.45, 7) is 48.3. The number of ketones is 10. The molecular formula is C76H98O17. The normalized spacial score (nSPS) is 27.9. The van der Waals surface area contributed by atoms with Crippen LogP contribution < -0.4 is 18.9 Å². The van der Waals surface area contributed by atoms with Crippen LogP contribution in [0, 0.1) is 84.7 Å². The highest BCUT2D eigenvalue weighted by atomic mass is 16.6. The van der Waals surface area contributed by atoms with Crippen LogP contribution in [0.3, 0.4) is 0 Å². The third kappa shape index (κ3) is 9.04. The van der Waals surface area contributed by atoms with Crippen molar-refractivity contribution < 1.29 is 82.2 Å². The lowest BCUT2D eigenvalue weighted by atomic mass is 9.51. The third-order valence-electron chi connectivity index (χ3n) is 22.2. The fourth-order valence-electron chi connectivity index (χ4n) is 17.2. The number of phenols is 2. The standard InChI is InChI=1S/C38H50O9.C38H48O8/c1-15(2)18-20-26(40)23(25(39)17(5)6)28-21(27(20)46-31-22(18)29(41)34(7,8)32(43)36(31,11)12)19(16(3)4)24-30(42)35(9,10)33(44)37(13,14)38(24,45)47-28;1-15(2)18-20-26(40)24(25(39)17(5)6)28-21(27(20)45-31-22(18)29(41)35(7,8)33(43)37(31,11)12)19(16(3)4)23-30(42)36(9,10)34(44)38(13,14)32(23)46-28/h15-19,24,40,45H,1-14H3;15-19,40H,1-14H3/t18-,19-,24+,38-;18-,19-/m11/s1. The number of aliphatic hydroxyl groups is 1. The van der Waals surface area contributed by atoms with Gasteiger partial charge in [-0.05, 0) is 134 Å². The molecule has 3 N–H and O–H groups in total. The summed E-state index contributed by atoms with van der Waals surface area (Å²) < 4.78 is 26.5. The number of phenolic OH excluding ortho intramolecular Hbond substituents is 2. The number of hydrogen-bond acceptors (Lipinski definition) is 17. The van der Waals surface area contributed by atoms with Crippen molar-refractivity contribution >= 4 is 57.8 Å². The summed E-state index contributed by atoms with van der Waals surface area (Å²) in [5, 5.41) is 37.0. The summed E-state index contributed by atoms with van der Waals surface area (Å²) in [5.41, 5.74) is -8.86. The van der Waals surface area contributed by atoms with E-state index < -0.39 is 119 Å². The number of Topliss-reactive ketones (excluding diaryl/α,β-unsaturated/α-hetero) is 10. The van der Waals surface area contributed by atoms with Crippen molar-refractivity contribution in [2.45, 2.75) is 223 Å². The van der Waals surface area contributed by atoms with Gasteiger partial charge in [-0.2, -0.15) is 0 Å². The van der Waals surface area contributed by atoms with Crippen LogP contribution in [0.5, 0.6) is 34.5 Å². The van der Waals surface area contributed by atoms with Gasteiger partial charge in [0.05, 0.1) is 49.2 Å². The van der Waals surface area contributed by atoms with Crippen molar-refractivity contribution in [2.75, 3.05) is 0 Å². The Balaban J connectivity index is 0.000000219. The quantitative estimate of drug-likeness (QED) is 0.164. The Bertz CT molecular complexity index is 3920. The fourth-order valence-corrected chi connectivity index (χ4v) is 17.2. The van der Waals surface area contributed by atoms with E-state index in [9.17, 15) is 63.3 Å². The predicted molar refractivity (Wildman–Crippen MR) is 347 cm³/mol. The van der Waals surface area contributed by atoms with Gasteiger partial charge < -0.3 is 34.3 Å². The van der Waals surface area contributed by atoms with Gasteiger partial charge in [-0.1, -0.05) is 83.1 Å². The molecule has 0 aromatic heterocycles. The highest BCUT2D eigenvalue weighted by Gasteiger charge is 2.73. The van der Waals surface area contributed by atoms with E-state index in [4.69, 9.17) is 18.9 Å². The number of fused-ring (bicyclic) bond motifs is 7. The van der Waals surface area contributed by atoms with Crippen molar-refractivity contribution in [1.82, 2.24) is 0 Å². The highest BCUT2D eigenvalue weighted by Crippen LogP contribution is 2.69. The second kappa shape index (κ2) is 21.3. The maximum Gasteiger partial charge on any atom is 0.230 e. The second-order valence-electron chi connectivity index (χ2n) is 33.9. The van der Waals surface area contributed by atoms with Gasteiger partial charge in [0, 0.05) is 74.5 Å². The summed E-state index contributed by atoms with van der Waals surface area (Å²) in [5.74, 6) is -13.0. The molecule has 4 aliphatic carbocycles. The topological polar surface area (TPSA) is 268 Å². The average Bonchev–Trinajstić information content (AvgIpc) is 0.684. The SMILES string of the molecule is CC(C)C(=O)c1c(O)c2c(c3c1OC1=C(C(=O)C(C)(C)C(=O)C1(C)C)[C@@H]3C(C)C)OC1=C(C(=O)C(C)(C)C(=O)C1(C)C)[C@@H]2C(C)C.CC(C)C(=O)c1c(O)c2c(c3c1O[C@]1(O)[C@H](C(=O)C(C)(C)C(=O)C1(C)C)[C@@H]3C(C)C)OC1=C(C(=O)C(C)(C)C(=O)C1(C)C)[C@@H]2C(C)C. The summed E-state index contributed by atoms with van der Waals surface area (Å²) in [6, 6.07) is 0. The van der Waals surface area contributed by atoms with Crippen LogP contribution in [0.15, 0.2) is 34.0 Å². The Hall–Kier alpha value is -6.88. The zero-order chi connectivity index (χ0) is 70.8. The Morgan fingerprint density at radius 3 is 0.989 bits per heavy atom. The van der Waals surface area contributed by atoms with Crippen LogP contribution in [-0.2, 0) is 38.4 Å². The monoisotopic (exact) mass is 1280 g/mol. The zero-order valence-corrected chi connectivity index (χ0v) is 59.9. The molecule has 0 amide bonds. The molecular weight excluding hydrogens is 1180 g/mol. The maximum absolute atomic E-state index is 14.4. The van der Waals surface area contributed by atoms with Crippen LogP contribution in [0.25, 0.3) is 0 Å². The average molecular weight is 1280 g/mol. The lowest BCUT2D eigenvalue weighted by Gasteiger charge is -2.58. The van der Waals surface area contributed by atoms with E-state index in [1.54, 1.807) is 125 Å². The van der Waals surface area contributed by atoms with Crippen LogP contribution in [0.4, 0.5) is 0 Å². The van der Waals surface area contributed by atoms with Gasteiger partial charge >= 0.3 is 0 Å². The van der Waals surface area contributed by atoms with Gasteiger partial charge in [0.1, 0.15) is 62.9 Å². The van der Waals surface area contributed by atoms with E-state index in [1.165, 1.54) is 13.8 Å². The number of benzene rings is 2. The molecule has 2 aromatic rings. The molecule has 2 aromatic carbocycles. The van der Waals surface area contributed by atoms with Gasteiger partial charge in [0.2, 0.25) is 5.79 Å². The molecule has 1 fully saturated rings. The molecule has 4 heterocycles. The number of carbonyl (C=O) groups excluding carboxylic acids is 10. The van der Waals surface area contributed by atoms with Crippen molar-refractivity contribution in [1.29, 1.82) is 0 Å². The molecule has 17 heteroatoms. The minimum Gasteiger partial charge on any atom is -0.507 e. The first kappa shape index (κ1) is 70.4. The summed E-state index contributed by atoms with van der Waals surface area (Å²) in [4.78, 5) is 141. The molecule has 0 spiro atoms. The first-order chi connectivity index (χ1) is 42.1. The van der Waals surface area contributed by atoms with Crippen molar-refractivity contribution in [2.24, 2.45) is 84.7 Å². The fraction of sp³-hybridized carbons (Fsp3) is 0.632. The second-order valence-corrected chi connectivity index (χ2v) is 33.9. The third-order valence-corrected chi connectivity index (χ3v) is 22.2. The smallest absolute Gasteiger partial charge is 0.230 e. The number of ether oxygens (including phenoxy) is 4. The summed E-state index contributed by atoms with van der Waals surface area (Å²) >= 11 is 0. The Labute approximate surface area is 547 Å². The van der Waals surface area contributed by atoms with Gasteiger partial charge in [-0.15, -0.1) is 0 Å². The van der Waals surface area contributed by atoms with Crippen LogP contribution in [0.1, 0.15) is 261 Å². The highest BCUT2D eigenvalue weighted by molar-refractivity contribution is 6.23. The van der Waals surface area contributed by atoms with Gasteiger partial charge in [-0.25, -0.2) is 0 Å². The number of hydrogen-bond donors (Lipinski definition) is 3. The van der Waals surface area contributed by atoms with Crippen molar-refractivity contribution in [3.63, 3.8) is 0 Å². The number of carbonyl (C=O) groups is 10.